The lowest BCUT2D eigenvalue weighted by molar-refractivity contribution is -0.143. The summed E-state index contributed by atoms with van der Waals surface area (Å²) >= 11 is 0. The summed E-state index contributed by atoms with van der Waals surface area (Å²) in [6, 6.07) is 16.5. The maximum Gasteiger partial charge on any atom is 0.409 e. The van der Waals surface area contributed by atoms with Crippen LogP contribution in [0.3, 0.4) is 0 Å². The van der Waals surface area contributed by atoms with Gasteiger partial charge in [0.2, 0.25) is 5.91 Å². The Kier molecular flexibility index (Phi) is 23.7. The van der Waals surface area contributed by atoms with Crippen LogP contribution in [0.5, 0.6) is 0 Å². The fourth-order valence-corrected chi connectivity index (χ4v) is 5.18. The smallest absolute Gasteiger partial charge is 0.409 e. The van der Waals surface area contributed by atoms with Gasteiger partial charge >= 0.3 is 12.1 Å². The summed E-state index contributed by atoms with van der Waals surface area (Å²) in [6.07, 6.45) is -0.375. The molecule has 0 saturated heterocycles. The summed E-state index contributed by atoms with van der Waals surface area (Å²) in [5, 5.41) is 11.0. The first kappa shape index (κ1) is 44.7. The van der Waals surface area contributed by atoms with Crippen LogP contribution in [-0.2, 0) is 57.0 Å². The van der Waals surface area contributed by atoms with E-state index < -0.39 is 18.5 Å². The molecule has 0 aliphatic heterocycles. The molecule has 1 aliphatic rings. The number of carbonyl (C=O) groups excluding carboxylic acids is 2. The molecule has 0 fully saturated rings. The molecule has 16 nitrogen and oxygen atoms in total. The second-order valence-corrected chi connectivity index (χ2v) is 11.9. The lowest BCUT2D eigenvalue weighted by Crippen LogP contribution is -2.32. The van der Waals surface area contributed by atoms with Crippen molar-refractivity contribution in [1.82, 2.24) is 10.2 Å². The quantitative estimate of drug-likeness (QED) is 0.101. The maximum atomic E-state index is 12.6. The molecule has 0 saturated carbocycles. The number of carbonyl (C=O) groups is 3. The first-order valence-electron chi connectivity index (χ1n) is 18.2. The van der Waals surface area contributed by atoms with Crippen LogP contribution in [0.15, 0.2) is 48.5 Å². The van der Waals surface area contributed by atoms with Crippen molar-refractivity contribution in [1.29, 1.82) is 0 Å². The van der Waals surface area contributed by atoms with Gasteiger partial charge in [-0.1, -0.05) is 48.5 Å². The molecule has 0 spiro atoms. The molecule has 2 aromatic carbocycles. The van der Waals surface area contributed by atoms with Crippen molar-refractivity contribution >= 4 is 18.0 Å². The van der Waals surface area contributed by atoms with E-state index in [-0.39, 0.29) is 25.2 Å². The van der Waals surface area contributed by atoms with Crippen molar-refractivity contribution < 1.29 is 66.9 Å². The van der Waals surface area contributed by atoms with Gasteiger partial charge in [-0.05, 0) is 22.3 Å². The van der Waals surface area contributed by atoms with Gasteiger partial charge in [0, 0.05) is 26.1 Å². The largest absolute Gasteiger partial charge is 0.480 e. The van der Waals surface area contributed by atoms with E-state index in [4.69, 9.17) is 47.7 Å². The molecule has 0 atom stereocenters. The summed E-state index contributed by atoms with van der Waals surface area (Å²) < 4.78 is 54.1. The van der Waals surface area contributed by atoms with Gasteiger partial charge in [0.15, 0.2) is 0 Å². The molecule has 0 aromatic heterocycles. The number of hydrogen-bond acceptors (Lipinski definition) is 13. The number of fused-ring (bicyclic) bond motifs is 3. The van der Waals surface area contributed by atoms with E-state index in [1.807, 2.05) is 24.3 Å². The highest BCUT2D eigenvalue weighted by molar-refractivity contribution is 5.79. The highest BCUT2D eigenvalue weighted by atomic mass is 16.6. The minimum Gasteiger partial charge on any atom is -0.480 e. The van der Waals surface area contributed by atoms with Crippen molar-refractivity contribution in [3.05, 3.63) is 59.7 Å². The van der Waals surface area contributed by atoms with E-state index in [9.17, 15) is 14.4 Å². The second-order valence-electron chi connectivity index (χ2n) is 11.9. The van der Waals surface area contributed by atoms with Crippen molar-refractivity contribution in [3.8, 4) is 11.1 Å². The molecule has 0 radical (unpaired) electrons. The summed E-state index contributed by atoms with van der Waals surface area (Å²) in [7, 11) is 1.70. The summed E-state index contributed by atoms with van der Waals surface area (Å²) in [4.78, 5) is 35.8. The van der Waals surface area contributed by atoms with Crippen LogP contribution >= 0.6 is 0 Å². The normalized spacial score (nSPS) is 12.0. The monoisotopic (exact) mass is 764 g/mol. The molecule has 2 amide bonds. The summed E-state index contributed by atoms with van der Waals surface area (Å²) in [5.41, 5.74) is 4.76. The van der Waals surface area contributed by atoms with Gasteiger partial charge < -0.3 is 62.7 Å². The molecular weight excluding hydrogens is 708 g/mol. The van der Waals surface area contributed by atoms with Gasteiger partial charge in [0.05, 0.1) is 106 Å². The second kappa shape index (κ2) is 28.7. The predicted octanol–water partition coefficient (Wildman–Crippen LogP) is 2.22. The minimum atomic E-state index is -1.13. The van der Waals surface area contributed by atoms with Gasteiger partial charge in [-0.15, -0.1) is 0 Å². The lowest BCUT2D eigenvalue weighted by atomic mass is 9.98. The Bertz CT molecular complexity index is 1290. The van der Waals surface area contributed by atoms with E-state index in [0.717, 1.165) is 0 Å². The fourth-order valence-electron chi connectivity index (χ4n) is 5.18. The Labute approximate surface area is 317 Å². The predicted molar refractivity (Wildman–Crippen MR) is 196 cm³/mol. The number of rotatable bonds is 33. The molecule has 0 bridgehead atoms. The number of carboxylic acid groups (broad SMARTS) is 1. The standard InChI is InChI=1S/C38H56N2O14/c1-40(38(44)54-28-35-33-8-4-2-6-31(33)32-7-3-5-9-34(32)35)11-13-46-15-17-48-19-21-50-23-25-52-27-26-51-24-22-49-20-18-47-16-14-45-12-10-39-36(41)29-53-30-37(42)43/h2-9,35H,10-30H2,1H3,(H,39,41)(H,42,43). The number of nitrogens with one attached hydrogen (secondary N) is 1. The first-order valence-corrected chi connectivity index (χ1v) is 18.2. The van der Waals surface area contributed by atoms with Crippen molar-refractivity contribution in [2.24, 2.45) is 0 Å². The minimum absolute atomic E-state index is 0.0296. The molecule has 16 heteroatoms. The molecular formula is C38H56N2O14. The van der Waals surface area contributed by atoms with Gasteiger partial charge in [-0.2, -0.15) is 0 Å². The summed E-state index contributed by atoms with van der Waals surface area (Å²) in [5.74, 6) is -1.50. The average molecular weight is 765 g/mol. The number of amides is 2. The first-order chi connectivity index (χ1) is 26.5. The van der Waals surface area contributed by atoms with Gasteiger partial charge in [-0.25, -0.2) is 9.59 Å². The Hall–Kier alpha value is -3.71. The van der Waals surface area contributed by atoms with Crippen LogP contribution in [-0.4, -0.2) is 174 Å². The van der Waals surface area contributed by atoms with Crippen LogP contribution in [0, 0.1) is 0 Å². The zero-order valence-corrected chi connectivity index (χ0v) is 31.2. The maximum absolute atomic E-state index is 12.6. The van der Waals surface area contributed by atoms with Crippen molar-refractivity contribution in [2.75, 3.05) is 146 Å². The number of benzene rings is 2. The molecule has 0 heterocycles. The van der Waals surface area contributed by atoms with Gasteiger partial charge in [0.25, 0.3) is 0 Å². The molecule has 1 aliphatic carbocycles. The van der Waals surface area contributed by atoms with Crippen LogP contribution < -0.4 is 5.32 Å². The number of hydrogen-bond donors (Lipinski definition) is 2. The Morgan fingerprint density at radius 3 is 1.43 bits per heavy atom. The SMILES string of the molecule is CN(CCOCCOCCOCCOCCOCCOCCOCCOCCNC(=O)COCC(=O)O)C(=O)OCC1c2ccccc2-c2ccccc21. The van der Waals surface area contributed by atoms with E-state index in [0.29, 0.717) is 119 Å². The van der Waals surface area contributed by atoms with Gasteiger partial charge in [0.1, 0.15) is 19.8 Å². The molecule has 2 aromatic rings. The lowest BCUT2D eigenvalue weighted by Gasteiger charge is -2.19. The molecule has 2 N–H and O–H groups in total. The van der Waals surface area contributed by atoms with E-state index >= 15 is 0 Å². The zero-order chi connectivity index (χ0) is 38.5. The zero-order valence-electron chi connectivity index (χ0n) is 31.2. The summed E-state index contributed by atoms with van der Waals surface area (Å²) in [6.45, 7) is 6.97. The Morgan fingerprint density at radius 1 is 0.574 bits per heavy atom. The number of likely N-dealkylation sites (N-methyl/N-ethyl adjacent to an activating group) is 1. The third-order valence-electron chi connectivity index (χ3n) is 7.85. The van der Waals surface area contributed by atoms with Crippen molar-refractivity contribution in [3.63, 3.8) is 0 Å². The third-order valence-corrected chi connectivity index (χ3v) is 7.85. The number of carboxylic acids is 1. The number of ether oxygens (including phenoxy) is 10. The third kappa shape index (κ3) is 19.1. The number of nitrogens with zero attached hydrogens (tertiary/aromatic N) is 1. The van der Waals surface area contributed by atoms with E-state index in [1.165, 1.54) is 27.2 Å². The number of aliphatic carboxylic acids is 1. The fraction of sp³-hybridized carbons (Fsp3) is 0.605. The molecule has 3 rings (SSSR count). The van der Waals surface area contributed by atoms with Crippen LogP contribution in [0.2, 0.25) is 0 Å². The highest BCUT2D eigenvalue weighted by Gasteiger charge is 2.29. The Morgan fingerprint density at radius 2 is 0.981 bits per heavy atom. The van der Waals surface area contributed by atoms with E-state index in [1.54, 1.807) is 7.05 Å². The molecule has 302 valence electrons. The van der Waals surface area contributed by atoms with Gasteiger partial charge in [-0.3, -0.25) is 4.79 Å². The van der Waals surface area contributed by atoms with E-state index in [2.05, 4.69) is 34.3 Å². The molecule has 54 heavy (non-hydrogen) atoms. The van der Waals surface area contributed by atoms with Crippen LogP contribution in [0.1, 0.15) is 17.0 Å². The van der Waals surface area contributed by atoms with Crippen LogP contribution in [0.4, 0.5) is 4.79 Å². The van der Waals surface area contributed by atoms with Crippen molar-refractivity contribution in [2.45, 2.75) is 5.92 Å². The van der Waals surface area contributed by atoms with Crippen LogP contribution in [0.25, 0.3) is 11.1 Å². The highest BCUT2D eigenvalue weighted by Crippen LogP contribution is 2.44. The topological polar surface area (TPSA) is 179 Å². The molecule has 0 unspecified atom stereocenters. The Balaban J connectivity index is 0.987. The average Bonchev–Trinajstić information content (AvgIpc) is 3.49.